The zero-order valence-electron chi connectivity index (χ0n) is 12.3. The summed E-state index contributed by atoms with van der Waals surface area (Å²) in [4.78, 5) is 25.6. The summed E-state index contributed by atoms with van der Waals surface area (Å²) in [6.07, 6.45) is 4.54. The minimum Gasteiger partial charge on any atom is -0.408 e. The smallest absolute Gasteiger partial charge is 0.408 e. The Kier molecular flexibility index (Phi) is 3.83. The molecule has 116 valence electrons. The van der Waals surface area contributed by atoms with Crippen molar-refractivity contribution in [1.29, 1.82) is 0 Å². The van der Waals surface area contributed by atoms with E-state index < -0.39 is 11.6 Å². The molecule has 0 unspecified atom stereocenters. The Morgan fingerprint density at radius 3 is 2.77 bits per heavy atom. The van der Waals surface area contributed by atoms with Crippen molar-refractivity contribution >= 4 is 17.0 Å². The van der Waals surface area contributed by atoms with E-state index >= 15 is 0 Å². The highest BCUT2D eigenvalue weighted by Crippen LogP contribution is 2.26. The second-order valence-electron chi connectivity index (χ2n) is 5.41. The van der Waals surface area contributed by atoms with Gasteiger partial charge in [-0.15, -0.1) is 0 Å². The molecule has 22 heavy (non-hydrogen) atoms. The molecule has 0 atom stereocenters. The second-order valence-corrected chi connectivity index (χ2v) is 5.41. The van der Waals surface area contributed by atoms with Gasteiger partial charge in [-0.3, -0.25) is 9.36 Å². The molecule has 0 spiro atoms. The van der Waals surface area contributed by atoms with Crippen LogP contribution in [0.1, 0.15) is 25.8 Å². The highest BCUT2D eigenvalue weighted by atomic mass is 19.1. The molecule has 6 heteroatoms. The Bertz CT molecular complexity index is 782. The van der Waals surface area contributed by atoms with Gasteiger partial charge in [0.1, 0.15) is 5.82 Å². The number of oxazole rings is 1. The molecule has 2 aromatic rings. The number of likely N-dealkylation sites (tertiary alicyclic amines) is 1. The minimum atomic E-state index is -0.473. The first-order valence-electron chi connectivity index (χ1n) is 7.32. The number of carbonyl (C=O) groups is 1. The third kappa shape index (κ3) is 2.56. The van der Waals surface area contributed by atoms with E-state index in [4.69, 9.17) is 4.42 Å². The van der Waals surface area contributed by atoms with Crippen LogP contribution in [0.15, 0.2) is 39.6 Å². The number of piperidine rings is 1. The zero-order chi connectivity index (χ0) is 15.7. The fraction of sp³-hybridized carbons (Fsp3) is 0.375. The van der Waals surface area contributed by atoms with Gasteiger partial charge in [-0.2, -0.15) is 0 Å². The van der Waals surface area contributed by atoms with E-state index in [0.29, 0.717) is 37.0 Å². The third-order valence-electron chi connectivity index (χ3n) is 4.03. The van der Waals surface area contributed by atoms with Crippen LogP contribution < -0.4 is 5.76 Å². The maximum absolute atomic E-state index is 13.4. The van der Waals surface area contributed by atoms with Crippen LogP contribution in [0.3, 0.4) is 0 Å². The predicted molar refractivity (Wildman–Crippen MR) is 80.1 cm³/mol. The Labute approximate surface area is 126 Å². The van der Waals surface area contributed by atoms with Crippen molar-refractivity contribution < 1.29 is 13.6 Å². The van der Waals surface area contributed by atoms with Gasteiger partial charge in [0.2, 0.25) is 5.91 Å². The lowest BCUT2D eigenvalue weighted by atomic mass is 10.0. The van der Waals surface area contributed by atoms with Crippen molar-refractivity contribution in [2.75, 3.05) is 13.1 Å². The maximum atomic E-state index is 13.4. The summed E-state index contributed by atoms with van der Waals surface area (Å²) in [5.74, 6) is -0.891. The van der Waals surface area contributed by atoms with Crippen LogP contribution >= 0.6 is 0 Å². The fourth-order valence-corrected chi connectivity index (χ4v) is 2.94. The van der Waals surface area contributed by atoms with Gasteiger partial charge in [-0.1, -0.05) is 6.08 Å². The van der Waals surface area contributed by atoms with Gasteiger partial charge in [0.25, 0.3) is 0 Å². The van der Waals surface area contributed by atoms with Gasteiger partial charge in [0.15, 0.2) is 5.58 Å². The summed E-state index contributed by atoms with van der Waals surface area (Å²) in [5, 5.41) is 0. The van der Waals surface area contributed by atoms with Crippen molar-refractivity contribution in [2.24, 2.45) is 0 Å². The first kappa shape index (κ1) is 14.6. The molecule has 1 aliphatic heterocycles. The first-order chi connectivity index (χ1) is 10.6. The molecule has 3 rings (SSSR count). The van der Waals surface area contributed by atoms with Crippen molar-refractivity contribution in [3.8, 4) is 0 Å². The van der Waals surface area contributed by atoms with E-state index in [0.717, 1.165) is 0 Å². The lowest BCUT2D eigenvalue weighted by Crippen LogP contribution is -2.39. The molecule has 2 heterocycles. The SMILES string of the molecule is C/C=C/C(=O)N1CCC(n2c(=O)oc3ccc(F)cc32)CC1. The molecule has 0 N–H and O–H groups in total. The van der Waals surface area contributed by atoms with Gasteiger partial charge < -0.3 is 9.32 Å². The topological polar surface area (TPSA) is 55.5 Å². The number of amides is 1. The maximum Gasteiger partial charge on any atom is 0.420 e. The average molecular weight is 304 g/mol. The predicted octanol–water partition coefficient (Wildman–Crippen LogP) is 2.47. The second kappa shape index (κ2) is 5.79. The monoisotopic (exact) mass is 304 g/mol. The molecule has 1 aromatic heterocycles. The fourth-order valence-electron chi connectivity index (χ4n) is 2.94. The van der Waals surface area contributed by atoms with Crippen LogP contribution in [0.4, 0.5) is 4.39 Å². The van der Waals surface area contributed by atoms with Crippen molar-refractivity contribution in [3.05, 3.63) is 46.7 Å². The molecule has 1 amide bonds. The molecule has 1 saturated heterocycles. The van der Waals surface area contributed by atoms with E-state index in [1.54, 1.807) is 17.9 Å². The Morgan fingerprint density at radius 1 is 1.36 bits per heavy atom. The highest BCUT2D eigenvalue weighted by Gasteiger charge is 2.26. The van der Waals surface area contributed by atoms with E-state index in [2.05, 4.69) is 0 Å². The molecule has 0 saturated carbocycles. The summed E-state index contributed by atoms with van der Waals surface area (Å²) < 4.78 is 20.1. The van der Waals surface area contributed by atoms with E-state index in [1.165, 1.54) is 28.8 Å². The van der Waals surface area contributed by atoms with Crippen LogP contribution in [-0.2, 0) is 4.79 Å². The Hall–Kier alpha value is -2.37. The Morgan fingerprint density at radius 2 is 2.09 bits per heavy atom. The Balaban J connectivity index is 1.85. The van der Waals surface area contributed by atoms with Gasteiger partial charge in [0.05, 0.1) is 5.52 Å². The number of fused-ring (bicyclic) bond motifs is 1. The molecule has 1 aromatic carbocycles. The minimum absolute atomic E-state index is 0.0172. The normalized spacial score (nSPS) is 16.7. The van der Waals surface area contributed by atoms with E-state index in [-0.39, 0.29) is 11.9 Å². The standard InChI is InChI=1S/C16H17FN2O3/c1-2-3-15(20)18-8-6-12(7-9-18)19-13-10-11(17)4-5-14(13)22-16(19)21/h2-5,10,12H,6-9H2,1H3/b3-2+. The zero-order valence-corrected chi connectivity index (χ0v) is 12.3. The largest absolute Gasteiger partial charge is 0.420 e. The summed E-state index contributed by atoms with van der Waals surface area (Å²) in [6.45, 7) is 2.95. The molecule has 1 aliphatic rings. The number of nitrogens with zero attached hydrogens (tertiary/aromatic N) is 2. The van der Waals surface area contributed by atoms with Crippen LogP contribution in [0.25, 0.3) is 11.1 Å². The lowest BCUT2D eigenvalue weighted by Gasteiger charge is -2.31. The number of allylic oxidation sites excluding steroid dienone is 1. The molecule has 0 bridgehead atoms. The van der Waals surface area contributed by atoms with Crippen molar-refractivity contribution in [2.45, 2.75) is 25.8 Å². The van der Waals surface area contributed by atoms with E-state index in [1.807, 2.05) is 0 Å². The average Bonchev–Trinajstić information content (AvgIpc) is 2.83. The number of hydrogen-bond donors (Lipinski definition) is 0. The number of rotatable bonds is 2. The van der Waals surface area contributed by atoms with Crippen LogP contribution in [-0.4, -0.2) is 28.5 Å². The number of aromatic nitrogens is 1. The van der Waals surface area contributed by atoms with Gasteiger partial charge in [-0.05, 0) is 38.0 Å². The number of halogens is 1. The van der Waals surface area contributed by atoms with E-state index in [9.17, 15) is 14.0 Å². The third-order valence-corrected chi connectivity index (χ3v) is 4.03. The number of carbonyl (C=O) groups excluding carboxylic acids is 1. The van der Waals surface area contributed by atoms with Gasteiger partial charge in [-0.25, -0.2) is 9.18 Å². The summed E-state index contributed by atoms with van der Waals surface area (Å²) in [7, 11) is 0. The summed E-state index contributed by atoms with van der Waals surface area (Å²) in [5.41, 5.74) is 0.863. The molecular formula is C16H17FN2O3. The molecule has 0 aliphatic carbocycles. The number of hydrogen-bond acceptors (Lipinski definition) is 3. The number of benzene rings is 1. The van der Waals surface area contributed by atoms with Crippen LogP contribution in [0.2, 0.25) is 0 Å². The van der Waals surface area contributed by atoms with Crippen LogP contribution in [0.5, 0.6) is 0 Å². The molecule has 0 radical (unpaired) electrons. The van der Waals surface area contributed by atoms with Crippen molar-refractivity contribution in [3.63, 3.8) is 0 Å². The highest BCUT2D eigenvalue weighted by molar-refractivity contribution is 5.87. The summed E-state index contributed by atoms with van der Waals surface area (Å²) >= 11 is 0. The lowest BCUT2D eigenvalue weighted by molar-refractivity contribution is -0.127. The quantitative estimate of drug-likeness (QED) is 0.801. The molecular weight excluding hydrogens is 287 g/mol. The van der Waals surface area contributed by atoms with Gasteiger partial charge in [0, 0.05) is 25.2 Å². The summed E-state index contributed by atoms with van der Waals surface area (Å²) in [6, 6.07) is 3.98. The first-order valence-corrected chi connectivity index (χ1v) is 7.32. The van der Waals surface area contributed by atoms with Crippen molar-refractivity contribution in [1.82, 2.24) is 9.47 Å². The molecule has 5 nitrogen and oxygen atoms in total. The van der Waals surface area contributed by atoms with Crippen LogP contribution in [0, 0.1) is 5.82 Å². The molecule has 1 fully saturated rings. The van der Waals surface area contributed by atoms with Gasteiger partial charge >= 0.3 is 5.76 Å².